The monoisotopic (exact) mass is 342 g/mol. The standard InChI is InChI=1S/C18H38N2O2Si/c1-6-8-9-10-14-23(4,5)18-19-12-11-13-20(18)15-16(3)17(21)22-7-2/h16,18-19H,6-15H2,1-5H3. The lowest BCUT2D eigenvalue weighted by Gasteiger charge is -2.45. The second-order valence-corrected chi connectivity index (χ2v) is 12.7. The summed E-state index contributed by atoms with van der Waals surface area (Å²) in [7, 11) is -1.37. The van der Waals surface area contributed by atoms with Crippen molar-refractivity contribution in [3.05, 3.63) is 0 Å². The summed E-state index contributed by atoms with van der Waals surface area (Å²) in [6, 6.07) is 1.37. The summed E-state index contributed by atoms with van der Waals surface area (Å²) in [4.78, 5) is 14.5. The highest BCUT2D eigenvalue weighted by atomic mass is 28.3. The van der Waals surface area contributed by atoms with E-state index in [9.17, 15) is 4.79 Å². The van der Waals surface area contributed by atoms with Crippen molar-refractivity contribution in [2.45, 2.75) is 77.8 Å². The molecule has 136 valence electrons. The van der Waals surface area contributed by atoms with E-state index in [0.717, 1.165) is 19.6 Å². The van der Waals surface area contributed by atoms with Gasteiger partial charge in [0, 0.05) is 18.9 Å². The Balaban J connectivity index is 2.60. The smallest absolute Gasteiger partial charge is 0.309 e. The fourth-order valence-corrected chi connectivity index (χ4v) is 6.96. The molecule has 0 bridgehead atoms. The largest absolute Gasteiger partial charge is 0.466 e. The Morgan fingerprint density at radius 1 is 1.30 bits per heavy atom. The van der Waals surface area contributed by atoms with Gasteiger partial charge in [-0.05, 0) is 19.9 Å². The van der Waals surface area contributed by atoms with Crippen LogP contribution in [0.4, 0.5) is 0 Å². The van der Waals surface area contributed by atoms with Crippen molar-refractivity contribution in [3.63, 3.8) is 0 Å². The maximum Gasteiger partial charge on any atom is 0.309 e. The Kier molecular flexibility index (Phi) is 9.40. The predicted octanol–water partition coefficient (Wildman–Crippen LogP) is 3.63. The van der Waals surface area contributed by atoms with E-state index in [1.807, 2.05) is 13.8 Å². The lowest BCUT2D eigenvalue weighted by Crippen LogP contribution is -2.64. The summed E-state index contributed by atoms with van der Waals surface area (Å²) in [5, 5.41) is 3.76. The third-order valence-corrected chi connectivity index (χ3v) is 8.63. The minimum Gasteiger partial charge on any atom is -0.466 e. The van der Waals surface area contributed by atoms with E-state index in [1.54, 1.807) is 0 Å². The van der Waals surface area contributed by atoms with Crippen LogP contribution in [0.2, 0.25) is 19.1 Å². The summed E-state index contributed by atoms with van der Waals surface area (Å²) in [6.07, 6.45) is 6.54. The molecule has 0 amide bonds. The van der Waals surface area contributed by atoms with Gasteiger partial charge in [-0.3, -0.25) is 9.69 Å². The van der Waals surface area contributed by atoms with Gasteiger partial charge in [0.2, 0.25) is 0 Å². The third kappa shape index (κ3) is 6.94. The van der Waals surface area contributed by atoms with E-state index in [4.69, 9.17) is 4.74 Å². The number of hydrogen-bond acceptors (Lipinski definition) is 4. The summed E-state index contributed by atoms with van der Waals surface area (Å²) in [6.45, 7) is 14.7. The average Bonchev–Trinajstić information content (AvgIpc) is 2.52. The topological polar surface area (TPSA) is 41.6 Å². The first-order valence-corrected chi connectivity index (χ1v) is 12.8. The molecule has 23 heavy (non-hydrogen) atoms. The van der Waals surface area contributed by atoms with Crippen molar-refractivity contribution in [3.8, 4) is 0 Å². The highest BCUT2D eigenvalue weighted by molar-refractivity contribution is 6.78. The molecule has 1 saturated heterocycles. The zero-order valence-electron chi connectivity index (χ0n) is 16.0. The van der Waals surface area contributed by atoms with Crippen LogP contribution in [0.3, 0.4) is 0 Å². The van der Waals surface area contributed by atoms with Crippen molar-refractivity contribution < 1.29 is 9.53 Å². The maximum absolute atomic E-state index is 12.0. The molecule has 2 unspecified atom stereocenters. The van der Waals surface area contributed by atoms with Crippen LogP contribution in [-0.2, 0) is 9.53 Å². The van der Waals surface area contributed by atoms with Gasteiger partial charge in [0.25, 0.3) is 0 Å². The molecule has 1 aliphatic rings. The van der Waals surface area contributed by atoms with E-state index in [-0.39, 0.29) is 11.9 Å². The van der Waals surface area contributed by atoms with Crippen molar-refractivity contribution in [1.82, 2.24) is 10.2 Å². The fourth-order valence-electron chi connectivity index (χ4n) is 3.60. The first-order valence-electron chi connectivity index (χ1n) is 9.56. The normalized spacial score (nSPS) is 21.2. The Morgan fingerprint density at radius 3 is 2.70 bits per heavy atom. The minimum absolute atomic E-state index is 0.0396. The zero-order chi connectivity index (χ0) is 17.3. The molecule has 1 rings (SSSR count). The molecule has 0 spiro atoms. The number of ether oxygens (including phenoxy) is 1. The number of rotatable bonds is 10. The van der Waals surface area contributed by atoms with Crippen LogP contribution in [-0.4, -0.2) is 51.0 Å². The SMILES string of the molecule is CCCCCC[Si](C)(C)C1NCCCN1CC(C)C(=O)OCC. The molecule has 0 aromatic rings. The molecule has 0 aromatic carbocycles. The maximum atomic E-state index is 12.0. The minimum atomic E-state index is -1.37. The van der Waals surface area contributed by atoms with Crippen molar-refractivity contribution >= 4 is 14.0 Å². The van der Waals surface area contributed by atoms with Gasteiger partial charge in [0.05, 0.1) is 20.6 Å². The van der Waals surface area contributed by atoms with Crippen molar-refractivity contribution in [1.29, 1.82) is 0 Å². The van der Waals surface area contributed by atoms with Crippen LogP contribution in [0.15, 0.2) is 0 Å². The second-order valence-electron chi connectivity index (χ2n) is 7.66. The Morgan fingerprint density at radius 2 is 2.04 bits per heavy atom. The van der Waals surface area contributed by atoms with Gasteiger partial charge >= 0.3 is 5.97 Å². The number of esters is 1. The lowest BCUT2D eigenvalue weighted by atomic mass is 10.1. The van der Waals surface area contributed by atoms with E-state index in [0.29, 0.717) is 12.4 Å². The number of carbonyl (C=O) groups is 1. The molecule has 1 heterocycles. The molecule has 0 aromatic heterocycles. The summed E-state index contributed by atoms with van der Waals surface area (Å²) in [5.41, 5.74) is 0. The van der Waals surface area contributed by atoms with Crippen molar-refractivity contribution in [2.24, 2.45) is 5.92 Å². The molecule has 0 radical (unpaired) electrons. The quantitative estimate of drug-likeness (QED) is 0.374. The van der Waals surface area contributed by atoms with Crippen LogP contribution in [0.25, 0.3) is 0 Å². The highest BCUT2D eigenvalue weighted by Crippen LogP contribution is 2.24. The van der Waals surface area contributed by atoms with E-state index in [1.165, 1.54) is 38.1 Å². The molecule has 1 fully saturated rings. The Bertz CT molecular complexity index is 350. The number of nitrogens with zero attached hydrogens (tertiary/aromatic N) is 1. The molecule has 0 aliphatic carbocycles. The van der Waals surface area contributed by atoms with E-state index >= 15 is 0 Å². The molecule has 1 N–H and O–H groups in total. The summed E-state index contributed by atoms with van der Waals surface area (Å²) in [5.74, 6) is 0.399. The van der Waals surface area contributed by atoms with Crippen LogP contribution in [0, 0.1) is 5.92 Å². The molecule has 2 atom stereocenters. The van der Waals surface area contributed by atoms with Crippen molar-refractivity contribution in [2.75, 3.05) is 26.2 Å². The molecule has 0 saturated carbocycles. The number of nitrogens with one attached hydrogen (secondary N) is 1. The zero-order valence-corrected chi connectivity index (χ0v) is 17.0. The van der Waals surface area contributed by atoms with Gasteiger partial charge in [-0.1, -0.05) is 58.7 Å². The number of unbranched alkanes of at least 4 members (excludes halogenated alkanes) is 3. The highest BCUT2D eigenvalue weighted by Gasteiger charge is 2.38. The Labute approximate surface area is 144 Å². The second kappa shape index (κ2) is 10.5. The molecular weight excluding hydrogens is 304 g/mol. The molecule has 5 heteroatoms. The fraction of sp³-hybridized carbons (Fsp3) is 0.944. The molecule has 1 aliphatic heterocycles. The van der Waals surface area contributed by atoms with E-state index in [2.05, 4.69) is 30.2 Å². The van der Waals surface area contributed by atoms with E-state index < -0.39 is 8.07 Å². The van der Waals surface area contributed by atoms with Gasteiger partial charge in [-0.25, -0.2) is 0 Å². The van der Waals surface area contributed by atoms with Crippen LogP contribution in [0.1, 0.15) is 52.9 Å². The van der Waals surface area contributed by atoms with Gasteiger partial charge in [-0.2, -0.15) is 0 Å². The van der Waals surface area contributed by atoms with Crippen LogP contribution in [0.5, 0.6) is 0 Å². The number of carbonyl (C=O) groups excluding carboxylic acids is 1. The lowest BCUT2D eigenvalue weighted by molar-refractivity contribution is -0.148. The first-order chi connectivity index (χ1) is 10.9. The van der Waals surface area contributed by atoms with Gasteiger partial charge in [0.15, 0.2) is 0 Å². The van der Waals surface area contributed by atoms with Crippen LogP contribution >= 0.6 is 0 Å². The van der Waals surface area contributed by atoms with Gasteiger partial charge in [-0.15, -0.1) is 0 Å². The summed E-state index contributed by atoms with van der Waals surface area (Å²) < 4.78 is 5.18. The number of hydrogen-bond donors (Lipinski definition) is 1. The molecule has 4 nitrogen and oxygen atoms in total. The first kappa shape index (κ1) is 20.7. The summed E-state index contributed by atoms with van der Waals surface area (Å²) >= 11 is 0. The average molecular weight is 343 g/mol. The Hall–Kier alpha value is -0.393. The van der Waals surface area contributed by atoms with Crippen LogP contribution < -0.4 is 5.32 Å². The van der Waals surface area contributed by atoms with Gasteiger partial charge < -0.3 is 10.1 Å². The molecular formula is C18H38N2O2Si. The third-order valence-electron chi connectivity index (χ3n) is 4.94. The van der Waals surface area contributed by atoms with Gasteiger partial charge in [0.1, 0.15) is 0 Å². The predicted molar refractivity (Wildman–Crippen MR) is 100 cm³/mol.